The van der Waals surface area contributed by atoms with Crippen LogP contribution in [0.4, 0.5) is 0 Å². The van der Waals surface area contributed by atoms with Crippen LogP contribution in [0.15, 0.2) is 16.8 Å². The van der Waals surface area contributed by atoms with Crippen LogP contribution in [0, 0.1) is 5.41 Å². The number of amides is 1. The molecule has 96 valence electrons. The maximum absolute atomic E-state index is 11.7. The molecular formula is C13H21NO2S. The van der Waals surface area contributed by atoms with Crippen molar-refractivity contribution in [3.63, 3.8) is 0 Å². The van der Waals surface area contributed by atoms with E-state index >= 15 is 0 Å². The lowest BCUT2D eigenvalue weighted by Crippen LogP contribution is -2.31. The smallest absolute Gasteiger partial charge is 0.220 e. The Hall–Kier alpha value is -0.870. The van der Waals surface area contributed by atoms with E-state index in [0.717, 1.165) is 5.56 Å². The minimum absolute atomic E-state index is 0.0228. The molecule has 4 heteroatoms. The monoisotopic (exact) mass is 255 g/mol. The predicted octanol–water partition coefficient (Wildman–Crippen LogP) is 2.99. The Morgan fingerprint density at radius 2 is 2.24 bits per heavy atom. The highest BCUT2D eigenvalue weighted by Gasteiger charge is 2.17. The van der Waals surface area contributed by atoms with Crippen LogP contribution in [0.5, 0.6) is 0 Å². The summed E-state index contributed by atoms with van der Waals surface area (Å²) in [6.45, 7) is 6.69. The van der Waals surface area contributed by atoms with Gasteiger partial charge in [-0.05, 0) is 27.8 Å². The zero-order valence-corrected chi connectivity index (χ0v) is 11.8. The quantitative estimate of drug-likeness (QED) is 0.878. The molecule has 0 aromatic carbocycles. The standard InChI is InChI=1S/C13H21NO2S/c1-13(2,3)7-12(15)14-8-11(16-4)10-5-6-17-9-10/h5-6,9,11H,7-8H2,1-4H3,(H,14,15)/t11-/m1/s1. The molecule has 1 rings (SSSR count). The summed E-state index contributed by atoms with van der Waals surface area (Å²) < 4.78 is 5.37. The molecule has 1 aromatic rings. The lowest BCUT2D eigenvalue weighted by Gasteiger charge is -2.19. The maximum Gasteiger partial charge on any atom is 0.220 e. The molecule has 0 aliphatic rings. The summed E-state index contributed by atoms with van der Waals surface area (Å²) in [5, 5.41) is 6.98. The number of nitrogens with one attached hydrogen (secondary N) is 1. The van der Waals surface area contributed by atoms with Crippen molar-refractivity contribution in [3.8, 4) is 0 Å². The molecule has 0 saturated carbocycles. The molecule has 0 fully saturated rings. The molecule has 0 aliphatic carbocycles. The fourth-order valence-electron chi connectivity index (χ4n) is 1.55. The molecule has 0 radical (unpaired) electrons. The number of thiophene rings is 1. The second-order valence-electron chi connectivity index (χ2n) is 5.32. The summed E-state index contributed by atoms with van der Waals surface area (Å²) in [7, 11) is 1.66. The van der Waals surface area contributed by atoms with Crippen molar-refractivity contribution >= 4 is 17.2 Å². The minimum atomic E-state index is -0.0508. The summed E-state index contributed by atoms with van der Waals surface area (Å²) in [6.07, 6.45) is 0.484. The third-order valence-corrected chi connectivity index (χ3v) is 3.08. The van der Waals surface area contributed by atoms with Crippen LogP contribution in [0.25, 0.3) is 0 Å². The van der Waals surface area contributed by atoms with E-state index in [1.54, 1.807) is 18.4 Å². The fraction of sp³-hybridized carbons (Fsp3) is 0.615. The van der Waals surface area contributed by atoms with E-state index < -0.39 is 0 Å². The molecule has 0 spiro atoms. The molecular weight excluding hydrogens is 234 g/mol. The number of ether oxygens (including phenoxy) is 1. The van der Waals surface area contributed by atoms with Gasteiger partial charge >= 0.3 is 0 Å². The third kappa shape index (κ3) is 5.33. The van der Waals surface area contributed by atoms with Gasteiger partial charge in [-0.25, -0.2) is 0 Å². The highest BCUT2D eigenvalue weighted by atomic mass is 32.1. The van der Waals surface area contributed by atoms with Gasteiger partial charge in [0, 0.05) is 20.1 Å². The molecule has 17 heavy (non-hydrogen) atoms. The Kier molecular flexibility index (Phi) is 5.15. The van der Waals surface area contributed by atoms with E-state index in [2.05, 4.69) is 26.1 Å². The van der Waals surface area contributed by atoms with Crippen molar-refractivity contribution in [1.29, 1.82) is 0 Å². The van der Waals surface area contributed by atoms with E-state index in [4.69, 9.17) is 4.74 Å². The number of hydrogen-bond donors (Lipinski definition) is 1. The Labute approximate surface area is 107 Å². The predicted molar refractivity (Wildman–Crippen MR) is 71.2 cm³/mol. The van der Waals surface area contributed by atoms with E-state index in [-0.39, 0.29) is 17.4 Å². The SMILES string of the molecule is CO[C@H](CNC(=O)CC(C)(C)C)c1ccsc1. The summed E-state index contributed by atoms with van der Waals surface area (Å²) in [5.41, 5.74) is 1.14. The molecule has 0 bridgehead atoms. The van der Waals surface area contributed by atoms with Gasteiger partial charge in [0.15, 0.2) is 0 Å². The van der Waals surface area contributed by atoms with Gasteiger partial charge in [-0.1, -0.05) is 20.8 Å². The highest BCUT2D eigenvalue weighted by Crippen LogP contribution is 2.20. The second-order valence-corrected chi connectivity index (χ2v) is 6.10. The maximum atomic E-state index is 11.7. The third-order valence-electron chi connectivity index (χ3n) is 2.37. The van der Waals surface area contributed by atoms with E-state index in [0.29, 0.717) is 13.0 Å². The number of methoxy groups -OCH3 is 1. The number of rotatable bonds is 5. The molecule has 1 N–H and O–H groups in total. The summed E-state index contributed by atoms with van der Waals surface area (Å²) in [5.74, 6) is 0.0785. The van der Waals surface area contributed by atoms with Crippen molar-refractivity contribution in [2.24, 2.45) is 5.41 Å². The minimum Gasteiger partial charge on any atom is -0.375 e. The summed E-state index contributed by atoms with van der Waals surface area (Å²) in [6, 6.07) is 2.02. The molecule has 0 aliphatic heterocycles. The van der Waals surface area contributed by atoms with Gasteiger partial charge in [0.2, 0.25) is 5.91 Å². The van der Waals surface area contributed by atoms with Crippen molar-refractivity contribution in [1.82, 2.24) is 5.32 Å². The normalized spacial score (nSPS) is 13.4. The van der Waals surface area contributed by atoms with E-state index in [9.17, 15) is 4.79 Å². The molecule has 0 unspecified atom stereocenters. The van der Waals surface area contributed by atoms with Gasteiger partial charge in [0.05, 0.1) is 0 Å². The zero-order valence-electron chi connectivity index (χ0n) is 10.9. The van der Waals surface area contributed by atoms with E-state index in [1.807, 2.05) is 16.8 Å². The summed E-state index contributed by atoms with van der Waals surface area (Å²) >= 11 is 1.63. The van der Waals surface area contributed by atoms with Gasteiger partial charge < -0.3 is 10.1 Å². The van der Waals surface area contributed by atoms with Gasteiger partial charge in [0.1, 0.15) is 6.10 Å². The van der Waals surface area contributed by atoms with Gasteiger partial charge in [-0.15, -0.1) is 0 Å². The van der Waals surface area contributed by atoms with Crippen LogP contribution < -0.4 is 5.32 Å². The van der Waals surface area contributed by atoms with Crippen LogP contribution >= 0.6 is 11.3 Å². The van der Waals surface area contributed by atoms with Crippen LogP contribution in [0.2, 0.25) is 0 Å². The van der Waals surface area contributed by atoms with Crippen molar-refractivity contribution in [2.75, 3.05) is 13.7 Å². The van der Waals surface area contributed by atoms with Gasteiger partial charge in [-0.2, -0.15) is 11.3 Å². The number of carbonyl (C=O) groups is 1. The Balaban J connectivity index is 2.41. The molecule has 1 amide bonds. The van der Waals surface area contributed by atoms with Crippen LogP contribution in [0.3, 0.4) is 0 Å². The van der Waals surface area contributed by atoms with Crippen molar-refractivity contribution in [2.45, 2.75) is 33.3 Å². The molecule has 0 saturated heterocycles. The first-order chi connectivity index (χ1) is 7.92. The number of hydrogen-bond acceptors (Lipinski definition) is 3. The fourth-order valence-corrected chi connectivity index (χ4v) is 2.25. The first kappa shape index (κ1) is 14.2. The Bertz CT molecular complexity index is 341. The summed E-state index contributed by atoms with van der Waals surface area (Å²) in [4.78, 5) is 11.7. The lowest BCUT2D eigenvalue weighted by molar-refractivity contribution is -0.123. The van der Waals surface area contributed by atoms with Crippen LogP contribution in [-0.2, 0) is 9.53 Å². The average Bonchev–Trinajstić information content (AvgIpc) is 2.69. The van der Waals surface area contributed by atoms with Gasteiger partial charge in [0.25, 0.3) is 0 Å². The zero-order chi connectivity index (χ0) is 12.9. The average molecular weight is 255 g/mol. The molecule has 3 nitrogen and oxygen atoms in total. The highest BCUT2D eigenvalue weighted by molar-refractivity contribution is 7.07. The van der Waals surface area contributed by atoms with Crippen LogP contribution in [0.1, 0.15) is 38.9 Å². The second kappa shape index (κ2) is 6.17. The topological polar surface area (TPSA) is 38.3 Å². The molecule has 1 aromatic heterocycles. The lowest BCUT2D eigenvalue weighted by atomic mass is 9.92. The number of carbonyl (C=O) groups excluding carboxylic acids is 1. The van der Waals surface area contributed by atoms with Crippen molar-refractivity contribution in [3.05, 3.63) is 22.4 Å². The molecule has 1 heterocycles. The Morgan fingerprint density at radius 1 is 1.53 bits per heavy atom. The van der Waals surface area contributed by atoms with Gasteiger partial charge in [-0.3, -0.25) is 4.79 Å². The first-order valence-corrected chi connectivity index (χ1v) is 6.68. The van der Waals surface area contributed by atoms with E-state index in [1.165, 1.54) is 0 Å². The van der Waals surface area contributed by atoms with Crippen LogP contribution in [-0.4, -0.2) is 19.6 Å². The largest absolute Gasteiger partial charge is 0.375 e. The van der Waals surface area contributed by atoms with Crippen molar-refractivity contribution < 1.29 is 9.53 Å². The first-order valence-electron chi connectivity index (χ1n) is 5.74. The molecule has 1 atom stereocenters. The Morgan fingerprint density at radius 3 is 2.71 bits per heavy atom.